The molecular weight excluding hydrogens is 236 g/mol. The second kappa shape index (κ2) is 10.9. The summed E-state index contributed by atoms with van der Waals surface area (Å²) in [5.74, 6) is 5.58. The average Bonchev–Trinajstić information content (AvgIpc) is 2.47. The van der Waals surface area contributed by atoms with Crippen LogP contribution in [0.5, 0.6) is 0 Å². The molecule has 0 bridgehead atoms. The van der Waals surface area contributed by atoms with E-state index >= 15 is 0 Å². The van der Waals surface area contributed by atoms with Gasteiger partial charge in [0.15, 0.2) is 0 Å². The maximum atomic E-state index is 5.58. The zero-order valence-electron chi connectivity index (χ0n) is 12.1. The van der Waals surface area contributed by atoms with Crippen LogP contribution in [-0.4, -0.2) is 9.97 Å². The number of hydrogen-bond donors (Lipinski definition) is 2. The molecule has 0 amide bonds. The molecule has 4 nitrogen and oxygen atoms in total. The summed E-state index contributed by atoms with van der Waals surface area (Å²) >= 11 is 0. The fourth-order valence-corrected chi connectivity index (χ4v) is 2.29. The number of unbranched alkanes of at least 4 members (excludes halogenated alkanes) is 7. The van der Waals surface area contributed by atoms with E-state index in [9.17, 15) is 0 Å². The van der Waals surface area contributed by atoms with Crippen molar-refractivity contribution in [3.63, 3.8) is 0 Å². The monoisotopic (exact) mass is 264 g/mol. The van der Waals surface area contributed by atoms with E-state index in [-0.39, 0.29) is 6.04 Å². The van der Waals surface area contributed by atoms with E-state index in [0.29, 0.717) is 0 Å². The standard InChI is InChI=1S/C15H28N4/c1-2-3-4-5-6-7-8-9-10-14(19-16)15-13-17-11-12-18-15/h11-14,19H,2-10,16H2,1H3. The van der Waals surface area contributed by atoms with Gasteiger partial charge >= 0.3 is 0 Å². The van der Waals surface area contributed by atoms with Gasteiger partial charge in [-0.15, -0.1) is 0 Å². The van der Waals surface area contributed by atoms with Gasteiger partial charge in [0.25, 0.3) is 0 Å². The van der Waals surface area contributed by atoms with Gasteiger partial charge in [-0.3, -0.25) is 21.2 Å². The Labute approximate surface area is 117 Å². The van der Waals surface area contributed by atoms with Crippen LogP contribution in [0.15, 0.2) is 18.6 Å². The second-order valence-electron chi connectivity index (χ2n) is 5.11. The maximum Gasteiger partial charge on any atom is 0.0769 e. The number of nitrogens with zero attached hydrogens (tertiary/aromatic N) is 2. The van der Waals surface area contributed by atoms with Gasteiger partial charge in [-0.2, -0.15) is 0 Å². The minimum absolute atomic E-state index is 0.133. The molecule has 4 heteroatoms. The quantitative estimate of drug-likeness (QED) is 0.365. The normalized spacial score (nSPS) is 12.5. The lowest BCUT2D eigenvalue weighted by Crippen LogP contribution is -2.28. The van der Waals surface area contributed by atoms with Gasteiger partial charge in [0.05, 0.1) is 17.9 Å². The van der Waals surface area contributed by atoms with Crippen LogP contribution in [0.3, 0.4) is 0 Å². The zero-order valence-corrected chi connectivity index (χ0v) is 12.1. The molecule has 0 fully saturated rings. The number of nitrogens with two attached hydrogens (primary N) is 1. The van der Waals surface area contributed by atoms with Crippen molar-refractivity contribution in [2.45, 2.75) is 70.8 Å². The molecule has 1 aromatic heterocycles. The first kappa shape index (κ1) is 16.1. The van der Waals surface area contributed by atoms with Gasteiger partial charge < -0.3 is 0 Å². The van der Waals surface area contributed by atoms with Crippen LogP contribution in [0.4, 0.5) is 0 Å². The largest absolute Gasteiger partial charge is 0.271 e. The third-order valence-corrected chi connectivity index (χ3v) is 3.49. The molecule has 0 aliphatic heterocycles. The van der Waals surface area contributed by atoms with E-state index in [1.54, 1.807) is 18.6 Å². The smallest absolute Gasteiger partial charge is 0.0769 e. The fraction of sp³-hybridized carbons (Fsp3) is 0.733. The molecule has 1 aromatic rings. The number of hydrogen-bond acceptors (Lipinski definition) is 4. The SMILES string of the molecule is CCCCCCCCCCC(NN)c1cnccn1. The molecule has 0 saturated heterocycles. The molecule has 0 spiro atoms. The fourth-order valence-electron chi connectivity index (χ4n) is 2.29. The Morgan fingerprint density at radius 3 is 2.32 bits per heavy atom. The van der Waals surface area contributed by atoms with Gasteiger partial charge in [-0.05, 0) is 6.42 Å². The van der Waals surface area contributed by atoms with Crippen molar-refractivity contribution in [1.29, 1.82) is 0 Å². The Bertz CT molecular complexity index is 302. The summed E-state index contributed by atoms with van der Waals surface area (Å²) < 4.78 is 0. The molecule has 0 aliphatic rings. The topological polar surface area (TPSA) is 63.8 Å². The van der Waals surface area contributed by atoms with Crippen molar-refractivity contribution in [1.82, 2.24) is 15.4 Å². The summed E-state index contributed by atoms with van der Waals surface area (Å²) in [5.41, 5.74) is 3.77. The Hall–Kier alpha value is -1.00. The summed E-state index contributed by atoms with van der Waals surface area (Å²) in [6.07, 6.45) is 16.9. The van der Waals surface area contributed by atoms with Crippen LogP contribution in [0.25, 0.3) is 0 Å². The Balaban J connectivity index is 2.07. The third-order valence-electron chi connectivity index (χ3n) is 3.49. The molecule has 3 N–H and O–H groups in total. The lowest BCUT2D eigenvalue weighted by Gasteiger charge is -2.14. The number of aromatic nitrogens is 2. The highest BCUT2D eigenvalue weighted by atomic mass is 15.2. The Kier molecular flexibility index (Phi) is 9.19. The molecule has 108 valence electrons. The molecule has 1 rings (SSSR count). The van der Waals surface area contributed by atoms with Crippen LogP contribution in [0.2, 0.25) is 0 Å². The number of nitrogens with one attached hydrogen (secondary N) is 1. The lowest BCUT2D eigenvalue weighted by atomic mass is 10.0. The highest BCUT2D eigenvalue weighted by Gasteiger charge is 2.10. The summed E-state index contributed by atoms with van der Waals surface area (Å²) in [6.45, 7) is 2.26. The third kappa shape index (κ3) is 7.23. The molecule has 19 heavy (non-hydrogen) atoms. The van der Waals surface area contributed by atoms with Crippen LogP contribution in [-0.2, 0) is 0 Å². The van der Waals surface area contributed by atoms with E-state index in [2.05, 4.69) is 22.3 Å². The van der Waals surface area contributed by atoms with Crippen molar-refractivity contribution in [2.75, 3.05) is 0 Å². The van der Waals surface area contributed by atoms with E-state index in [4.69, 9.17) is 5.84 Å². The summed E-state index contributed by atoms with van der Waals surface area (Å²) in [7, 11) is 0. The van der Waals surface area contributed by atoms with Crippen LogP contribution in [0.1, 0.15) is 76.4 Å². The minimum atomic E-state index is 0.133. The van der Waals surface area contributed by atoms with Crippen LogP contribution >= 0.6 is 0 Å². The summed E-state index contributed by atoms with van der Waals surface area (Å²) in [5, 5.41) is 0. The van der Waals surface area contributed by atoms with E-state index < -0.39 is 0 Å². The number of hydrazine groups is 1. The Morgan fingerprint density at radius 2 is 1.74 bits per heavy atom. The van der Waals surface area contributed by atoms with Crippen LogP contribution < -0.4 is 11.3 Å². The first-order valence-electron chi connectivity index (χ1n) is 7.60. The first-order chi connectivity index (χ1) is 9.38. The predicted octanol–water partition coefficient (Wildman–Crippen LogP) is 3.51. The van der Waals surface area contributed by atoms with Crippen molar-refractivity contribution in [2.24, 2.45) is 5.84 Å². The molecule has 1 heterocycles. The molecule has 0 radical (unpaired) electrons. The highest BCUT2D eigenvalue weighted by molar-refractivity contribution is 5.01. The zero-order chi connectivity index (χ0) is 13.8. The number of rotatable bonds is 11. The van der Waals surface area contributed by atoms with Crippen molar-refractivity contribution >= 4 is 0 Å². The van der Waals surface area contributed by atoms with Crippen molar-refractivity contribution < 1.29 is 0 Å². The summed E-state index contributed by atoms with van der Waals surface area (Å²) in [4.78, 5) is 8.38. The second-order valence-corrected chi connectivity index (χ2v) is 5.11. The maximum absolute atomic E-state index is 5.58. The molecule has 0 aliphatic carbocycles. The highest BCUT2D eigenvalue weighted by Crippen LogP contribution is 2.17. The molecule has 1 unspecified atom stereocenters. The lowest BCUT2D eigenvalue weighted by molar-refractivity contribution is 0.465. The van der Waals surface area contributed by atoms with E-state index in [1.807, 2.05) is 0 Å². The van der Waals surface area contributed by atoms with E-state index in [1.165, 1.54) is 51.4 Å². The molecule has 0 saturated carbocycles. The van der Waals surface area contributed by atoms with Gasteiger partial charge in [-0.1, -0.05) is 58.3 Å². The Morgan fingerprint density at radius 1 is 1.05 bits per heavy atom. The predicted molar refractivity (Wildman–Crippen MR) is 79.3 cm³/mol. The molecule has 0 aromatic carbocycles. The average molecular weight is 264 g/mol. The van der Waals surface area contributed by atoms with Crippen molar-refractivity contribution in [3.05, 3.63) is 24.3 Å². The minimum Gasteiger partial charge on any atom is -0.271 e. The van der Waals surface area contributed by atoms with Gasteiger partial charge in [0, 0.05) is 12.4 Å². The molecular formula is C15H28N4. The van der Waals surface area contributed by atoms with Gasteiger partial charge in [-0.25, -0.2) is 0 Å². The summed E-state index contributed by atoms with van der Waals surface area (Å²) in [6, 6.07) is 0.133. The first-order valence-corrected chi connectivity index (χ1v) is 7.60. The van der Waals surface area contributed by atoms with Gasteiger partial charge in [0.2, 0.25) is 0 Å². The van der Waals surface area contributed by atoms with Crippen LogP contribution in [0, 0.1) is 0 Å². The van der Waals surface area contributed by atoms with Gasteiger partial charge in [0.1, 0.15) is 0 Å². The van der Waals surface area contributed by atoms with E-state index in [0.717, 1.165) is 12.1 Å². The van der Waals surface area contributed by atoms with Crippen molar-refractivity contribution in [3.8, 4) is 0 Å². The molecule has 1 atom stereocenters.